The predicted molar refractivity (Wildman–Crippen MR) is 45.9 cm³/mol. The van der Waals surface area contributed by atoms with Crippen LogP contribution in [0.25, 0.3) is 0 Å². The van der Waals surface area contributed by atoms with E-state index < -0.39 is 0 Å². The Balaban J connectivity index is 2.43. The van der Waals surface area contributed by atoms with Crippen LogP contribution in [-0.2, 0) is 0 Å². The summed E-state index contributed by atoms with van der Waals surface area (Å²) in [7, 11) is 0. The highest BCUT2D eigenvalue weighted by Crippen LogP contribution is 2.41. The molecule has 0 N–H and O–H groups in total. The molecule has 0 aliphatic heterocycles. The van der Waals surface area contributed by atoms with E-state index in [2.05, 4.69) is 32.9 Å². The van der Waals surface area contributed by atoms with Crippen LogP contribution in [0, 0.1) is 11.3 Å². The zero-order chi connectivity index (χ0) is 7.61. The van der Waals surface area contributed by atoms with Crippen molar-refractivity contribution in [3.05, 3.63) is 12.2 Å². The van der Waals surface area contributed by atoms with E-state index in [1.165, 1.54) is 19.3 Å². The maximum Gasteiger partial charge on any atom is -0.0228 e. The normalized spacial score (nSPS) is 31.7. The van der Waals surface area contributed by atoms with Crippen LogP contribution in [0.1, 0.15) is 40.0 Å². The third-order valence-corrected chi connectivity index (χ3v) is 2.47. The van der Waals surface area contributed by atoms with Crippen LogP contribution in [0.5, 0.6) is 0 Å². The Morgan fingerprint density at radius 1 is 1.40 bits per heavy atom. The highest BCUT2D eigenvalue weighted by Gasteiger charge is 2.28. The third kappa shape index (κ3) is 1.86. The second-order valence-corrected chi connectivity index (χ2v) is 4.19. The largest absolute Gasteiger partial charge is 0.0914 e. The number of allylic oxidation sites excluding steroid dienone is 2. The SMILES string of the molecule is C/C=C/C1CCC(C)(C)C1. The third-order valence-electron chi connectivity index (χ3n) is 2.47. The summed E-state index contributed by atoms with van der Waals surface area (Å²) in [5.41, 5.74) is 0.615. The molecule has 10 heavy (non-hydrogen) atoms. The lowest BCUT2D eigenvalue weighted by atomic mass is 9.90. The molecule has 0 heterocycles. The van der Waals surface area contributed by atoms with Crippen molar-refractivity contribution in [3.8, 4) is 0 Å². The second kappa shape index (κ2) is 2.77. The summed E-state index contributed by atoms with van der Waals surface area (Å²) in [4.78, 5) is 0. The maximum atomic E-state index is 2.37. The summed E-state index contributed by atoms with van der Waals surface area (Å²) >= 11 is 0. The quantitative estimate of drug-likeness (QED) is 0.487. The molecule has 0 spiro atoms. The molecular formula is C10H18. The van der Waals surface area contributed by atoms with Crippen LogP contribution < -0.4 is 0 Å². The van der Waals surface area contributed by atoms with Gasteiger partial charge in [-0.05, 0) is 37.5 Å². The van der Waals surface area contributed by atoms with Crippen molar-refractivity contribution in [1.82, 2.24) is 0 Å². The zero-order valence-electron chi connectivity index (χ0n) is 7.35. The molecule has 1 aliphatic rings. The molecule has 0 saturated heterocycles. The number of hydrogen-bond acceptors (Lipinski definition) is 0. The Morgan fingerprint density at radius 2 is 2.10 bits per heavy atom. The summed E-state index contributed by atoms with van der Waals surface area (Å²) in [5, 5.41) is 0. The van der Waals surface area contributed by atoms with Gasteiger partial charge in [-0.25, -0.2) is 0 Å². The Morgan fingerprint density at radius 3 is 2.50 bits per heavy atom. The van der Waals surface area contributed by atoms with Gasteiger partial charge in [-0.15, -0.1) is 0 Å². The first-order valence-electron chi connectivity index (χ1n) is 4.27. The van der Waals surface area contributed by atoms with Gasteiger partial charge < -0.3 is 0 Å². The molecular weight excluding hydrogens is 120 g/mol. The van der Waals surface area contributed by atoms with Crippen LogP contribution in [0.15, 0.2) is 12.2 Å². The van der Waals surface area contributed by atoms with E-state index in [4.69, 9.17) is 0 Å². The van der Waals surface area contributed by atoms with Gasteiger partial charge in [0.15, 0.2) is 0 Å². The molecule has 1 saturated carbocycles. The van der Waals surface area contributed by atoms with Crippen molar-refractivity contribution in [3.63, 3.8) is 0 Å². The standard InChI is InChI=1S/C10H18/c1-4-5-9-6-7-10(2,3)8-9/h4-5,9H,6-8H2,1-3H3/b5-4+. The van der Waals surface area contributed by atoms with Crippen molar-refractivity contribution < 1.29 is 0 Å². The summed E-state index contributed by atoms with van der Waals surface area (Å²) < 4.78 is 0. The second-order valence-electron chi connectivity index (χ2n) is 4.19. The lowest BCUT2D eigenvalue weighted by Gasteiger charge is -2.15. The Kier molecular flexibility index (Phi) is 2.18. The summed E-state index contributed by atoms with van der Waals surface area (Å²) in [6.07, 6.45) is 8.73. The first-order valence-corrected chi connectivity index (χ1v) is 4.27. The molecule has 1 unspecified atom stereocenters. The van der Waals surface area contributed by atoms with E-state index in [9.17, 15) is 0 Å². The average molecular weight is 138 g/mol. The van der Waals surface area contributed by atoms with Crippen molar-refractivity contribution in [2.45, 2.75) is 40.0 Å². The molecule has 0 aromatic rings. The molecule has 0 heteroatoms. The molecule has 0 aromatic heterocycles. The van der Waals surface area contributed by atoms with Crippen LogP contribution in [0.4, 0.5) is 0 Å². The van der Waals surface area contributed by atoms with Gasteiger partial charge >= 0.3 is 0 Å². The number of hydrogen-bond donors (Lipinski definition) is 0. The van der Waals surface area contributed by atoms with Gasteiger partial charge in [0, 0.05) is 0 Å². The minimum absolute atomic E-state index is 0.615. The van der Waals surface area contributed by atoms with E-state index in [0.29, 0.717) is 5.41 Å². The molecule has 1 rings (SSSR count). The fourth-order valence-corrected chi connectivity index (χ4v) is 1.93. The lowest BCUT2D eigenvalue weighted by Crippen LogP contribution is -2.03. The van der Waals surface area contributed by atoms with Gasteiger partial charge in [0.25, 0.3) is 0 Å². The minimum Gasteiger partial charge on any atom is -0.0914 e. The topological polar surface area (TPSA) is 0 Å². The van der Waals surface area contributed by atoms with E-state index in [0.717, 1.165) is 5.92 Å². The lowest BCUT2D eigenvalue weighted by molar-refractivity contribution is 0.372. The molecule has 0 nitrogen and oxygen atoms in total. The molecule has 0 amide bonds. The maximum absolute atomic E-state index is 2.37. The van der Waals surface area contributed by atoms with E-state index in [1.807, 2.05) is 0 Å². The van der Waals surface area contributed by atoms with Gasteiger partial charge in [-0.3, -0.25) is 0 Å². The van der Waals surface area contributed by atoms with Gasteiger partial charge in [-0.1, -0.05) is 26.0 Å². The summed E-state index contributed by atoms with van der Waals surface area (Å²) in [5.74, 6) is 0.875. The number of rotatable bonds is 1. The Labute approximate surface area is 64.3 Å². The van der Waals surface area contributed by atoms with Gasteiger partial charge in [0.05, 0.1) is 0 Å². The van der Waals surface area contributed by atoms with Crippen molar-refractivity contribution in [1.29, 1.82) is 0 Å². The van der Waals surface area contributed by atoms with Gasteiger partial charge in [0.1, 0.15) is 0 Å². The van der Waals surface area contributed by atoms with Crippen LogP contribution in [-0.4, -0.2) is 0 Å². The minimum atomic E-state index is 0.615. The Hall–Kier alpha value is -0.260. The van der Waals surface area contributed by atoms with Crippen LogP contribution in [0.3, 0.4) is 0 Å². The molecule has 1 fully saturated rings. The zero-order valence-corrected chi connectivity index (χ0v) is 7.35. The summed E-state index contributed by atoms with van der Waals surface area (Å²) in [6.45, 7) is 6.86. The molecule has 1 atom stereocenters. The molecule has 0 aromatic carbocycles. The van der Waals surface area contributed by atoms with Crippen LogP contribution in [0.2, 0.25) is 0 Å². The van der Waals surface area contributed by atoms with E-state index in [1.54, 1.807) is 0 Å². The smallest absolute Gasteiger partial charge is 0.0228 e. The Bertz CT molecular complexity index is 131. The summed E-state index contributed by atoms with van der Waals surface area (Å²) in [6, 6.07) is 0. The first-order chi connectivity index (χ1) is 4.64. The molecule has 0 bridgehead atoms. The van der Waals surface area contributed by atoms with Crippen LogP contribution >= 0.6 is 0 Å². The molecule has 58 valence electrons. The van der Waals surface area contributed by atoms with Crippen molar-refractivity contribution in [2.75, 3.05) is 0 Å². The van der Waals surface area contributed by atoms with Gasteiger partial charge in [-0.2, -0.15) is 0 Å². The highest BCUT2D eigenvalue weighted by atomic mass is 14.3. The molecule has 1 aliphatic carbocycles. The highest BCUT2D eigenvalue weighted by molar-refractivity contribution is 4.93. The first kappa shape index (κ1) is 7.84. The average Bonchev–Trinajstić information content (AvgIpc) is 2.12. The predicted octanol–water partition coefficient (Wildman–Crippen LogP) is 3.39. The van der Waals surface area contributed by atoms with E-state index >= 15 is 0 Å². The fourth-order valence-electron chi connectivity index (χ4n) is 1.93. The van der Waals surface area contributed by atoms with Crippen molar-refractivity contribution >= 4 is 0 Å². The monoisotopic (exact) mass is 138 g/mol. The fraction of sp³-hybridized carbons (Fsp3) is 0.800. The van der Waals surface area contributed by atoms with Crippen molar-refractivity contribution in [2.24, 2.45) is 11.3 Å². The molecule has 0 radical (unpaired) electrons. The van der Waals surface area contributed by atoms with E-state index in [-0.39, 0.29) is 0 Å². The van der Waals surface area contributed by atoms with Gasteiger partial charge in [0.2, 0.25) is 0 Å².